The first-order chi connectivity index (χ1) is 27.1. The van der Waals surface area contributed by atoms with E-state index < -0.39 is 0 Å². The molecular formula is C52H34N2O. The molecule has 8 aromatic carbocycles. The molecule has 0 fully saturated rings. The van der Waals surface area contributed by atoms with Crippen molar-refractivity contribution in [2.75, 3.05) is 0 Å². The maximum absolute atomic E-state index is 6.39. The van der Waals surface area contributed by atoms with Gasteiger partial charge in [-0.3, -0.25) is 0 Å². The number of rotatable bonds is 5. The zero-order valence-electron chi connectivity index (χ0n) is 30.2. The van der Waals surface area contributed by atoms with Crippen LogP contribution in [0.3, 0.4) is 0 Å². The molecule has 0 spiro atoms. The van der Waals surface area contributed by atoms with Crippen LogP contribution in [0.25, 0.3) is 88.9 Å². The third-order valence-corrected chi connectivity index (χ3v) is 11.6. The van der Waals surface area contributed by atoms with Gasteiger partial charge in [-0.25, -0.2) is 9.97 Å². The number of hydrogen-bond donors (Lipinski definition) is 0. The van der Waals surface area contributed by atoms with Crippen LogP contribution in [0.15, 0.2) is 192 Å². The van der Waals surface area contributed by atoms with Gasteiger partial charge in [-0.05, 0) is 75.3 Å². The van der Waals surface area contributed by atoms with Gasteiger partial charge in [0.15, 0.2) is 5.82 Å². The van der Waals surface area contributed by atoms with Gasteiger partial charge in [0.05, 0.1) is 11.4 Å². The Morgan fingerprint density at radius 1 is 0.418 bits per heavy atom. The Hall–Kier alpha value is -7.10. The second-order valence-electron chi connectivity index (χ2n) is 14.7. The average Bonchev–Trinajstić information content (AvgIpc) is 3.77. The van der Waals surface area contributed by atoms with E-state index in [1.807, 2.05) is 12.1 Å². The number of aromatic nitrogens is 2. The number of nitrogens with zero attached hydrogens (tertiary/aromatic N) is 2. The second kappa shape index (κ2) is 12.2. The predicted octanol–water partition coefficient (Wildman–Crippen LogP) is 13.5. The zero-order valence-corrected chi connectivity index (χ0v) is 30.2. The Morgan fingerprint density at radius 2 is 1.05 bits per heavy atom. The van der Waals surface area contributed by atoms with Crippen LogP contribution in [-0.4, -0.2) is 9.97 Å². The van der Waals surface area contributed by atoms with E-state index in [9.17, 15) is 0 Å². The molecule has 11 rings (SSSR count). The SMILES string of the molecule is CC1(c2ccccc2)c2ccccc2-c2ccc(-c3cc(-c4ccc(-c5cccc6c5oc5ccccc56)cc4)nc(-c4ccc5ccccc5c4)n3)cc21. The predicted molar refractivity (Wildman–Crippen MR) is 226 cm³/mol. The lowest BCUT2D eigenvalue weighted by molar-refractivity contribution is 0.670. The molecule has 0 saturated heterocycles. The van der Waals surface area contributed by atoms with Crippen molar-refractivity contribution in [3.63, 3.8) is 0 Å². The lowest BCUT2D eigenvalue weighted by atomic mass is 9.74. The minimum Gasteiger partial charge on any atom is -0.455 e. The molecule has 1 atom stereocenters. The van der Waals surface area contributed by atoms with E-state index in [-0.39, 0.29) is 5.41 Å². The van der Waals surface area contributed by atoms with E-state index in [4.69, 9.17) is 14.4 Å². The molecule has 0 radical (unpaired) electrons. The highest BCUT2D eigenvalue weighted by molar-refractivity contribution is 6.09. The highest BCUT2D eigenvalue weighted by Crippen LogP contribution is 2.53. The van der Waals surface area contributed by atoms with E-state index in [1.165, 1.54) is 33.2 Å². The maximum Gasteiger partial charge on any atom is 0.160 e. The van der Waals surface area contributed by atoms with Crippen molar-refractivity contribution >= 4 is 32.7 Å². The smallest absolute Gasteiger partial charge is 0.160 e. The molecule has 1 aliphatic rings. The van der Waals surface area contributed by atoms with Crippen LogP contribution in [0.4, 0.5) is 0 Å². The first kappa shape index (κ1) is 31.4. The molecule has 2 aromatic heterocycles. The standard InChI is InChI=1S/C52H34N2O/c1-52(39-14-3-2-4-15-39)45-20-9-7-16-41(45)42-29-28-37(31-46(42)52)48-32-47(53-51(54-48)38-27-22-33-12-5-6-13-36(33)30-38)35-25-23-34(24-26-35)40-18-11-19-44-43-17-8-10-21-49(43)55-50(40)44/h2-32H,1H3. The molecule has 2 heterocycles. The number of hydrogen-bond acceptors (Lipinski definition) is 3. The Labute approximate surface area is 319 Å². The summed E-state index contributed by atoms with van der Waals surface area (Å²) in [5, 5.41) is 4.60. The third kappa shape index (κ3) is 4.97. The number of para-hydroxylation sites is 2. The summed E-state index contributed by atoms with van der Waals surface area (Å²) in [4.78, 5) is 10.5. The molecule has 0 amide bonds. The van der Waals surface area contributed by atoms with Gasteiger partial charge < -0.3 is 4.42 Å². The van der Waals surface area contributed by atoms with Crippen LogP contribution in [0.5, 0.6) is 0 Å². The van der Waals surface area contributed by atoms with Crippen LogP contribution in [-0.2, 0) is 5.41 Å². The highest BCUT2D eigenvalue weighted by Gasteiger charge is 2.40. The van der Waals surface area contributed by atoms with Crippen LogP contribution < -0.4 is 0 Å². The molecule has 55 heavy (non-hydrogen) atoms. The fourth-order valence-corrected chi connectivity index (χ4v) is 8.73. The molecule has 1 aliphatic carbocycles. The van der Waals surface area contributed by atoms with Crippen molar-refractivity contribution in [1.82, 2.24) is 9.97 Å². The molecule has 3 nitrogen and oxygen atoms in total. The summed E-state index contributed by atoms with van der Waals surface area (Å²) in [6, 6.07) is 66.9. The Balaban J connectivity index is 1.06. The molecule has 1 unspecified atom stereocenters. The van der Waals surface area contributed by atoms with Crippen molar-refractivity contribution in [2.45, 2.75) is 12.3 Å². The average molecular weight is 703 g/mol. The Kier molecular flexibility index (Phi) is 6.99. The van der Waals surface area contributed by atoms with Gasteiger partial charge in [-0.15, -0.1) is 0 Å². The third-order valence-electron chi connectivity index (χ3n) is 11.6. The quantitative estimate of drug-likeness (QED) is 0.179. The van der Waals surface area contributed by atoms with Crippen LogP contribution in [0.1, 0.15) is 23.6 Å². The molecule has 258 valence electrons. The van der Waals surface area contributed by atoms with Gasteiger partial charge in [0, 0.05) is 38.4 Å². The van der Waals surface area contributed by atoms with Crippen LogP contribution in [0, 0.1) is 0 Å². The summed E-state index contributed by atoms with van der Waals surface area (Å²) in [5.41, 5.74) is 14.9. The summed E-state index contributed by atoms with van der Waals surface area (Å²) in [5.74, 6) is 0.698. The van der Waals surface area contributed by atoms with Gasteiger partial charge in [0.1, 0.15) is 11.2 Å². The Morgan fingerprint density at radius 3 is 1.93 bits per heavy atom. The van der Waals surface area contributed by atoms with Crippen molar-refractivity contribution in [3.05, 3.63) is 205 Å². The van der Waals surface area contributed by atoms with Crippen molar-refractivity contribution < 1.29 is 4.42 Å². The van der Waals surface area contributed by atoms with Crippen LogP contribution >= 0.6 is 0 Å². The fraction of sp³-hybridized carbons (Fsp3) is 0.0385. The zero-order chi connectivity index (χ0) is 36.5. The number of fused-ring (bicyclic) bond motifs is 7. The van der Waals surface area contributed by atoms with E-state index >= 15 is 0 Å². The highest BCUT2D eigenvalue weighted by atomic mass is 16.3. The topological polar surface area (TPSA) is 38.9 Å². The summed E-state index contributed by atoms with van der Waals surface area (Å²) in [6.07, 6.45) is 0. The van der Waals surface area contributed by atoms with Gasteiger partial charge in [-0.1, -0.05) is 164 Å². The van der Waals surface area contributed by atoms with Gasteiger partial charge in [-0.2, -0.15) is 0 Å². The van der Waals surface area contributed by atoms with E-state index in [2.05, 4.69) is 183 Å². The second-order valence-corrected chi connectivity index (χ2v) is 14.7. The number of furan rings is 1. The van der Waals surface area contributed by atoms with Crippen molar-refractivity contribution in [3.8, 4) is 56.2 Å². The van der Waals surface area contributed by atoms with E-state index in [0.29, 0.717) is 5.82 Å². The number of benzene rings is 8. The molecule has 0 N–H and O–H groups in total. The summed E-state index contributed by atoms with van der Waals surface area (Å²) in [7, 11) is 0. The summed E-state index contributed by atoms with van der Waals surface area (Å²) in [6.45, 7) is 2.36. The van der Waals surface area contributed by atoms with Gasteiger partial charge in [0.2, 0.25) is 0 Å². The fourth-order valence-electron chi connectivity index (χ4n) is 8.73. The molecule has 0 saturated carbocycles. The first-order valence-corrected chi connectivity index (χ1v) is 18.8. The largest absolute Gasteiger partial charge is 0.455 e. The normalized spacial score (nSPS) is 14.7. The molecule has 0 aliphatic heterocycles. The molecule has 3 heteroatoms. The maximum atomic E-state index is 6.39. The van der Waals surface area contributed by atoms with Crippen LogP contribution in [0.2, 0.25) is 0 Å². The summed E-state index contributed by atoms with van der Waals surface area (Å²) >= 11 is 0. The minimum absolute atomic E-state index is 0.307. The lowest BCUT2D eigenvalue weighted by Crippen LogP contribution is -2.22. The van der Waals surface area contributed by atoms with Gasteiger partial charge >= 0.3 is 0 Å². The molecule has 0 bridgehead atoms. The summed E-state index contributed by atoms with van der Waals surface area (Å²) < 4.78 is 6.39. The Bertz CT molecular complexity index is 3110. The first-order valence-electron chi connectivity index (χ1n) is 18.8. The van der Waals surface area contributed by atoms with Gasteiger partial charge in [0.25, 0.3) is 0 Å². The lowest BCUT2D eigenvalue weighted by Gasteiger charge is -2.28. The van der Waals surface area contributed by atoms with E-state index in [1.54, 1.807) is 0 Å². The van der Waals surface area contributed by atoms with Crippen molar-refractivity contribution in [2.24, 2.45) is 0 Å². The molecule has 10 aromatic rings. The monoisotopic (exact) mass is 702 g/mol. The van der Waals surface area contributed by atoms with E-state index in [0.717, 1.165) is 66.5 Å². The van der Waals surface area contributed by atoms with Crippen molar-refractivity contribution in [1.29, 1.82) is 0 Å². The minimum atomic E-state index is -0.307. The molecular weight excluding hydrogens is 669 g/mol.